The number of rotatable bonds is 5. The lowest BCUT2D eigenvalue weighted by Gasteiger charge is -2.14. The van der Waals surface area contributed by atoms with Crippen LogP contribution in [0.25, 0.3) is 0 Å². The second kappa shape index (κ2) is 9.60. The summed E-state index contributed by atoms with van der Waals surface area (Å²) in [5.74, 6) is -1.06. The number of hydrogen-bond acceptors (Lipinski definition) is 4. The Bertz CT molecular complexity index is 1100. The first-order chi connectivity index (χ1) is 14.4. The maximum atomic E-state index is 13.8. The van der Waals surface area contributed by atoms with Gasteiger partial charge < -0.3 is 21.7 Å². The van der Waals surface area contributed by atoms with Crippen molar-refractivity contribution >= 4 is 57.7 Å². The second-order valence-corrected chi connectivity index (χ2v) is 7.76. The van der Waals surface area contributed by atoms with Crippen molar-refractivity contribution in [2.24, 2.45) is 0 Å². The molecule has 0 aliphatic rings. The Morgan fingerprint density at radius 3 is 2.30 bits per heavy atom. The number of hydrogen-bond donors (Lipinski definition) is 4. The molecule has 0 saturated heterocycles. The van der Waals surface area contributed by atoms with Crippen molar-refractivity contribution in [1.82, 2.24) is 0 Å². The molecule has 0 radical (unpaired) electrons. The highest BCUT2D eigenvalue weighted by atomic mass is 32.2. The molecule has 3 aromatic rings. The van der Waals surface area contributed by atoms with Crippen LogP contribution in [0.2, 0.25) is 0 Å². The zero-order chi connectivity index (χ0) is 21.7. The zero-order valence-corrected chi connectivity index (χ0v) is 18.1. The second-order valence-electron chi connectivity index (χ2n) is 6.50. The molecule has 30 heavy (non-hydrogen) atoms. The lowest BCUT2D eigenvalue weighted by Crippen LogP contribution is -2.19. The van der Waals surface area contributed by atoms with E-state index in [0.717, 1.165) is 21.8 Å². The number of nitrogen functional groups attached to an aromatic ring is 1. The van der Waals surface area contributed by atoms with Gasteiger partial charge in [-0.05, 0) is 79.5 Å². The van der Waals surface area contributed by atoms with Crippen LogP contribution < -0.4 is 21.7 Å². The van der Waals surface area contributed by atoms with Crippen LogP contribution in [-0.2, 0) is 0 Å². The van der Waals surface area contributed by atoms with E-state index in [1.807, 2.05) is 37.4 Å². The molecule has 0 bridgehead atoms. The normalized spacial score (nSPS) is 10.4. The molecule has 0 saturated carbocycles. The van der Waals surface area contributed by atoms with Crippen molar-refractivity contribution in [3.05, 3.63) is 77.6 Å². The van der Waals surface area contributed by atoms with Crippen LogP contribution in [0.4, 0.5) is 27.1 Å². The molecule has 0 aromatic heterocycles. The van der Waals surface area contributed by atoms with E-state index in [0.29, 0.717) is 16.5 Å². The van der Waals surface area contributed by atoms with Gasteiger partial charge in [0, 0.05) is 27.6 Å². The molecule has 0 heterocycles. The molecule has 8 heteroatoms. The number of aryl methyl sites for hydroxylation is 1. The molecule has 3 aromatic carbocycles. The van der Waals surface area contributed by atoms with Crippen LogP contribution >= 0.6 is 24.0 Å². The summed E-state index contributed by atoms with van der Waals surface area (Å²) in [6, 6.07) is 16.9. The average Bonchev–Trinajstić information content (AvgIpc) is 2.70. The molecule has 3 rings (SSSR count). The lowest BCUT2D eigenvalue weighted by molar-refractivity contribution is 0.102. The van der Waals surface area contributed by atoms with E-state index < -0.39 is 11.7 Å². The molecule has 1 amide bonds. The number of carbonyl (C=O) groups is 1. The fraction of sp³-hybridized carbons (Fsp3) is 0.0909. The molecule has 0 fully saturated rings. The minimum atomic E-state index is -0.562. The summed E-state index contributed by atoms with van der Waals surface area (Å²) in [5.41, 5.74) is 9.62. The van der Waals surface area contributed by atoms with Crippen molar-refractivity contribution in [1.29, 1.82) is 0 Å². The summed E-state index contributed by atoms with van der Waals surface area (Å²) >= 11 is 6.95. The van der Waals surface area contributed by atoms with Crippen LogP contribution in [-0.4, -0.2) is 17.3 Å². The Kier molecular flexibility index (Phi) is 6.91. The van der Waals surface area contributed by atoms with E-state index in [1.165, 1.54) is 12.1 Å². The fourth-order valence-electron chi connectivity index (χ4n) is 2.82. The van der Waals surface area contributed by atoms with Gasteiger partial charge in [-0.2, -0.15) is 0 Å². The molecule has 0 aliphatic carbocycles. The standard InChI is InChI=1S/C22H21FN4OS2/c1-13-11-14(25-22(29)26-15-8-10-20(30-2)18(24)12-15)7-9-19(13)27-21(28)16-5-3-4-6-17(16)23/h3-12H,24H2,1-2H3,(H,27,28)(H2,25,26,29). The van der Waals surface area contributed by atoms with Gasteiger partial charge in [0.1, 0.15) is 5.82 Å². The molecule has 154 valence electrons. The fourth-order valence-corrected chi connectivity index (χ4v) is 3.56. The van der Waals surface area contributed by atoms with Gasteiger partial charge in [0.25, 0.3) is 5.91 Å². The van der Waals surface area contributed by atoms with Gasteiger partial charge in [-0.3, -0.25) is 4.79 Å². The van der Waals surface area contributed by atoms with E-state index in [-0.39, 0.29) is 5.56 Å². The summed E-state index contributed by atoms with van der Waals surface area (Å²) < 4.78 is 13.8. The van der Waals surface area contributed by atoms with E-state index >= 15 is 0 Å². The first kappa shape index (κ1) is 21.6. The van der Waals surface area contributed by atoms with Crippen molar-refractivity contribution < 1.29 is 9.18 Å². The molecule has 0 aliphatic heterocycles. The third kappa shape index (κ3) is 5.28. The summed E-state index contributed by atoms with van der Waals surface area (Å²) in [6.07, 6.45) is 1.97. The monoisotopic (exact) mass is 440 g/mol. The maximum Gasteiger partial charge on any atom is 0.258 e. The van der Waals surface area contributed by atoms with Crippen LogP contribution in [0, 0.1) is 12.7 Å². The van der Waals surface area contributed by atoms with E-state index in [4.69, 9.17) is 18.0 Å². The molecular weight excluding hydrogens is 419 g/mol. The Morgan fingerprint density at radius 1 is 1.00 bits per heavy atom. The van der Waals surface area contributed by atoms with Gasteiger partial charge >= 0.3 is 0 Å². The summed E-state index contributed by atoms with van der Waals surface area (Å²) in [4.78, 5) is 13.3. The summed E-state index contributed by atoms with van der Waals surface area (Å²) in [7, 11) is 0. The van der Waals surface area contributed by atoms with Crippen LogP contribution in [0.5, 0.6) is 0 Å². The third-order valence-corrected chi connectivity index (χ3v) is 5.35. The minimum Gasteiger partial charge on any atom is -0.398 e. The number of halogens is 1. The minimum absolute atomic E-state index is 0.00348. The van der Waals surface area contributed by atoms with E-state index in [9.17, 15) is 9.18 Å². The van der Waals surface area contributed by atoms with Gasteiger partial charge in [-0.25, -0.2) is 4.39 Å². The predicted molar refractivity (Wildman–Crippen MR) is 128 cm³/mol. The number of benzene rings is 3. The smallest absolute Gasteiger partial charge is 0.258 e. The molecule has 0 atom stereocenters. The number of carbonyl (C=O) groups excluding carboxylic acids is 1. The number of amides is 1. The average molecular weight is 441 g/mol. The Balaban J connectivity index is 1.65. The number of nitrogens with two attached hydrogens (primary N) is 1. The van der Waals surface area contributed by atoms with Crippen molar-refractivity contribution in [3.63, 3.8) is 0 Å². The Labute approximate surface area is 184 Å². The van der Waals surface area contributed by atoms with Gasteiger partial charge in [0.15, 0.2) is 5.11 Å². The molecule has 5 nitrogen and oxygen atoms in total. The quantitative estimate of drug-likeness (QED) is 0.238. The number of nitrogens with one attached hydrogen (secondary N) is 3. The van der Waals surface area contributed by atoms with Gasteiger partial charge in [-0.15, -0.1) is 11.8 Å². The molecule has 0 spiro atoms. The number of thioether (sulfide) groups is 1. The SMILES string of the molecule is CSc1ccc(NC(=S)Nc2ccc(NC(=O)c3ccccc3F)c(C)c2)cc1N. The number of thiocarbonyl (C=S) groups is 1. The highest BCUT2D eigenvalue weighted by molar-refractivity contribution is 7.98. The molecule has 0 unspecified atom stereocenters. The highest BCUT2D eigenvalue weighted by Gasteiger charge is 2.12. The first-order valence-corrected chi connectivity index (χ1v) is 10.7. The topological polar surface area (TPSA) is 79.2 Å². The van der Waals surface area contributed by atoms with Gasteiger partial charge in [-0.1, -0.05) is 12.1 Å². The third-order valence-electron chi connectivity index (χ3n) is 4.34. The maximum absolute atomic E-state index is 13.8. The predicted octanol–water partition coefficient (Wildman–Crippen LogP) is 5.50. The Morgan fingerprint density at radius 2 is 1.67 bits per heavy atom. The largest absolute Gasteiger partial charge is 0.398 e. The molecular formula is C22H21FN4OS2. The number of anilines is 4. The Hall–Kier alpha value is -3.10. The van der Waals surface area contributed by atoms with Crippen molar-refractivity contribution in [2.75, 3.05) is 27.9 Å². The van der Waals surface area contributed by atoms with E-state index in [1.54, 1.807) is 36.0 Å². The van der Waals surface area contributed by atoms with Crippen molar-refractivity contribution in [2.45, 2.75) is 11.8 Å². The van der Waals surface area contributed by atoms with Crippen LogP contribution in [0.15, 0.2) is 65.6 Å². The molecule has 5 N–H and O–H groups in total. The van der Waals surface area contributed by atoms with Crippen LogP contribution in [0.1, 0.15) is 15.9 Å². The summed E-state index contributed by atoms with van der Waals surface area (Å²) in [6.45, 7) is 1.85. The van der Waals surface area contributed by atoms with Crippen LogP contribution in [0.3, 0.4) is 0 Å². The zero-order valence-electron chi connectivity index (χ0n) is 16.5. The van der Waals surface area contributed by atoms with E-state index in [2.05, 4.69) is 16.0 Å². The van der Waals surface area contributed by atoms with Crippen molar-refractivity contribution in [3.8, 4) is 0 Å². The highest BCUT2D eigenvalue weighted by Crippen LogP contribution is 2.26. The lowest BCUT2D eigenvalue weighted by atomic mass is 10.1. The first-order valence-electron chi connectivity index (χ1n) is 9.05. The summed E-state index contributed by atoms with van der Waals surface area (Å²) in [5, 5.41) is 9.34. The van der Waals surface area contributed by atoms with Gasteiger partial charge in [0.2, 0.25) is 0 Å². The van der Waals surface area contributed by atoms with Gasteiger partial charge in [0.05, 0.1) is 5.56 Å².